The second-order valence-corrected chi connectivity index (χ2v) is 14.4. The lowest BCUT2D eigenvalue weighted by Gasteiger charge is -2.24. The number of hydrogen-bond donors (Lipinski definition) is 2. The zero-order chi connectivity index (χ0) is 25.9. The highest BCUT2D eigenvalue weighted by molar-refractivity contribution is 9.10. The maximum Gasteiger partial charge on any atom is 0.262 e. The molecule has 1 fully saturated rings. The molecule has 0 bridgehead atoms. The van der Waals surface area contributed by atoms with Crippen molar-refractivity contribution in [2.75, 3.05) is 13.1 Å². The Balaban J connectivity index is 1.40. The molecular formula is C25H30BrN3O4S3. The standard InChI is InChI=1S/C25H30BrN3O4S3/c1-16(2)14-20(28-24(31)22-15-17-6-3-4-8-21(17)35-22)23(30)27-18-7-5-11-29(12-9-18)36(32,33)25-19(26)10-13-34-25/h3-4,6,8,10,13,15-16,18,20H,5,7,9,11-12,14H2,1-2H3,(H,27,30)(H,28,31)/t18-,20+/m1/s1. The summed E-state index contributed by atoms with van der Waals surface area (Å²) in [6.07, 6.45) is 2.37. The molecule has 1 aliphatic heterocycles. The zero-order valence-corrected chi connectivity index (χ0v) is 24.2. The highest BCUT2D eigenvalue weighted by Gasteiger charge is 2.31. The summed E-state index contributed by atoms with van der Waals surface area (Å²) in [5.41, 5.74) is 0. The minimum absolute atomic E-state index is 0.152. The molecular weight excluding hydrogens is 582 g/mol. The van der Waals surface area contributed by atoms with Gasteiger partial charge in [0.05, 0.1) is 4.88 Å². The lowest BCUT2D eigenvalue weighted by atomic mass is 10.0. The van der Waals surface area contributed by atoms with Crippen LogP contribution in [0.2, 0.25) is 0 Å². The van der Waals surface area contributed by atoms with E-state index < -0.39 is 16.1 Å². The molecule has 3 heterocycles. The molecule has 1 aliphatic rings. The third kappa shape index (κ3) is 6.36. The molecule has 1 aromatic carbocycles. The Morgan fingerprint density at radius 2 is 1.94 bits per heavy atom. The molecule has 0 unspecified atom stereocenters. The van der Waals surface area contributed by atoms with Crippen LogP contribution in [0.3, 0.4) is 0 Å². The van der Waals surface area contributed by atoms with Gasteiger partial charge in [-0.2, -0.15) is 4.31 Å². The average Bonchev–Trinajstić information content (AvgIpc) is 3.39. The van der Waals surface area contributed by atoms with Crippen molar-refractivity contribution in [1.29, 1.82) is 0 Å². The molecule has 2 N–H and O–H groups in total. The summed E-state index contributed by atoms with van der Waals surface area (Å²) in [7, 11) is -3.58. The van der Waals surface area contributed by atoms with Crippen molar-refractivity contribution >= 4 is 70.5 Å². The lowest BCUT2D eigenvalue weighted by molar-refractivity contribution is -0.124. The highest BCUT2D eigenvalue weighted by atomic mass is 79.9. The van der Waals surface area contributed by atoms with Crippen LogP contribution >= 0.6 is 38.6 Å². The van der Waals surface area contributed by atoms with Gasteiger partial charge in [0.2, 0.25) is 5.91 Å². The fourth-order valence-electron chi connectivity index (χ4n) is 4.36. The lowest BCUT2D eigenvalue weighted by Crippen LogP contribution is -2.50. The average molecular weight is 613 g/mol. The number of sulfonamides is 1. The first-order valence-electron chi connectivity index (χ1n) is 12.0. The van der Waals surface area contributed by atoms with E-state index in [0.717, 1.165) is 10.1 Å². The number of thiophene rings is 2. The van der Waals surface area contributed by atoms with Crippen molar-refractivity contribution in [3.63, 3.8) is 0 Å². The van der Waals surface area contributed by atoms with Crippen LogP contribution < -0.4 is 10.6 Å². The number of rotatable bonds is 8. The summed E-state index contributed by atoms with van der Waals surface area (Å²) in [6.45, 7) is 4.78. The van der Waals surface area contributed by atoms with Crippen LogP contribution in [0.4, 0.5) is 0 Å². The van der Waals surface area contributed by atoms with Crippen LogP contribution in [-0.2, 0) is 14.8 Å². The quantitative estimate of drug-likeness (QED) is 0.364. The highest BCUT2D eigenvalue weighted by Crippen LogP contribution is 2.31. The van der Waals surface area contributed by atoms with E-state index in [0.29, 0.717) is 52.3 Å². The van der Waals surface area contributed by atoms with Crippen molar-refractivity contribution in [3.8, 4) is 0 Å². The smallest absolute Gasteiger partial charge is 0.262 e. The van der Waals surface area contributed by atoms with Gasteiger partial charge in [-0.1, -0.05) is 32.0 Å². The Kier molecular flexibility index (Phi) is 8.87. The fourth-order valence-corrected chi connectivity index (χ4v) is 9.27. The third-order valence-corrected chi connectivity index (χ3v) is 11.8. The van der Waals surface area contributed by atoms with Crippen LogP contribution in [0.5, 0.6) is 0 Å². The Morgan fingerprint density at radius 3 is 2.64 bits per heavy atom. The van der Waals surface area contributed by atoms with Gasteiger partial charge < -0.3 is 10.6 Å². The number of nitrogens with zero attached hydrogens (tertiary/aromatic N) is 1. The molecule has 7 nitrogen and oxygen atoms in total. The first-order chi connectivity index (χ1) is 17.1. The van der Waals surface area contributed by atoms with Crippen molar-refractivity contribution in [2.24, 2.45) is 5.92 Å². The molecule has 0 spiro atoms. The Bertz CT molecular complexity index is 1300. The molecule has 3 aromatic rings. The van der Waals surface area contributed by atoms with Gasteiger partial charge in [0.15, 0.2) is 0 Å². The molecule has 1 saturated heterocycles. The molecule has 2 aromatic heterocycles. The van der Waals surface area contributed by atoms with E-state index in [2.05, 4.69) is 26.6 Å². The summed E-state index contributed by atoms with van der Waals surface area (Å²) < 4.78 is 29.6. The van der Waals surface area contributed by atoms with E-state index in [9.17, 15) is 18.0 Å². The maximum absolute atomic E-state index is 13.2. The molecule has 0 saturated carbocycles. The molecule has 2 amide bonds. The van der Waals surface area contributed by atoms with Gasteiger partial charge in [-0.25, -0.2) is 8.42 Å². The van der Waals surface area contributed by atoms with Gasteiger partial charge in [0.1, 0.15) is 10.3 Å². The molecule has 2 atom stereocenters. The van der Waals surface area contributed by atoms with Gasteiger partial charge in [0.25, 0.3) is 15.9 Å². The predicted octanol–water partition coefficient (Wildman–Crippen LogP) is 5.23. The number of benzene rings is 1. The summed E-state index contributed by atoms with van der Waals surface area (Å²) in [6, 6.07) is 10.6. The second-order valence-electron chi connectivity index (χ2n) is 9.40. The largest absolute Gasteiger partial charge is 0.352 e. The maximum atomic E-state index is 13.2. The number of carbonyl (C=O) groups excluding carboxylic acids is 2. The van der Waals surface area contributed by atoms with Gasteiger partial charge in [-0.05, 0) is 76.5 Å². The van der Waals surface area contributed by atoms with Crippen molar-refractivity contribution < 1.29 is 18.0 Å². The molecule has 194 valence electrons. The second kappa shape index (κ2) is 11.7. The van der Waals surface area contributed by atoms with Crippen LogP contribution in [0.15, 0.2) is 50.5 Å². The molecule has 0 radical (unpaired) electrons. The number of nitrogens with one attached hydrogen (secondary N) is 2. The molecule has 36 heavy (non-hydrogen) atoms. The molecule has 4 rings (SSSR count). The van der Waals surface area contributed by atoms with E-state index in [1.807, 2.05) is 44.2 Å². The Hall–Kier alpha value is -1.79. The van der Waals surface area contributed by atoms with Gasteiger partial charge >= 0.3 is 0 Å². The van der Waals surface area contributed by atoms with Crippen LogP contribution in [0.1, 0.15) is 49.2 Å². The van der Waals surface area contributed by atoms with E-state index in [1.54, 1.807) is 11.4 Å². The normalized spacial score (nSPS) is 18.2. The minimum atomic E-state index is -3.58. The topological polar surface area (TPSA) is 95.6 Å². The van der Waals surface area contributed by atoms with E-state index >= 15 is 0 Å². The van der Waals surface area contributed by atoms with E-state index in [4.69, 9.17) is 0 Å². The van der Waals surface area contributed by atoms with Crippen LogP contribution in [0, 0.1) is 5.92 Å². The van der Waals surface area contributed by atoms with Gasteiger partial charge in [0, 0.05) is 28.3 Å². The first kappa shape index (κ1) is 27.3. The van der Waals surface area contributed by atoms with Crippen molar-refractivity contribution in [2.45, 2.75) is 55.8 Å². The summed E-state index contributed by atoms with van der Waals surface area (Å²) in [4.78, 5) is 26.8. The van der Waals surface area contributed by atoms with Gasteiger partial charge in [-0.15, -0.1) is 22.7 Å². The molecule has 11 heteroatoms. The predicted molar refractivity (Wildman–Crippen MR) is 149 cm³/mol. The zero-order valence-electron chi connectivity index (χ0n) is 20.2. The van der Waals surface area contributed by atoms with Crippen molar-refractivity contribution in [1.82, 2.24) is 14.9 Å². The van der Waals surface area contributed by atoms with Crippen LogP contribution in [-0.4, -0.2) is 49.7 Å². The van der Waals surface area contributed by atoms with Crippen LogP contribution in [0.25, 0.3) is 10.1 Å². The summed E-state index contributed by atoms with van der Waals surface area (Å²) in [5, 5.41) is 8.78. The van der Waals surface area contributed by atoms with E-state index in [-0.39, 0.29) is 23.8 Å². The molecule has 0 aliphatic carbocycles. The Labute approximate surface area is 228 Å². The summed E-state index contributed by atoms with van der Waals surface area (Å²) >= 11 is 5.94. The van der Waals surface area contributed by atoms with Crippen molar-refractivity contribution in [3.05, 3.63) is 51.1 Å². The monoisotopic (exact) mass is 611 g/mol. The minimum Gasteiger partial charge on any atom is -0.352 e. The number of hydrogen-bond acceptors (Lipinski definition) is 6. The number of carbonyl (C=O) groups is 2. The van der Waals surface area contributed by atoms with Gasteiger partial charge in [-0.3, -0.25) is 9.59 Å². The number of amides is 2. The Morgan fingerprint density at radius 1 is 1.17 bits per heavy atom. The summed E-state index contributed by atoms with van der Waals surface area (Å²) in [5.74, 6) is -0.264. The first-order valence-corrected chi connectivity index (χ1v) is 15.9. The number of fused-ring (bicyclic) bond motifs is 1. The third-order valence-electron chi connectivity index (χ3n) is 6.17. The fraction of sp³-hybridized carbons (Fsp3) is 0.440. The number of halogens is 1. The van der Waals surface area contributed by atoms with E-state index in [1.165, 1.54) is 27.0 Å². The SMILES string of the molecule is CC(C)C[C@H](NC(=O)c1cc2ccccc2s1)C(=O)N[C@@H]1CCCN(S(=O)(=O)c2sccc2Br)CC1.